The average molecular weight is 332 g/mol. The largest absolute Gasteiger partial charge is 0.342 e. The van der Waals surface area contributed by atoms with Gasteiger partial charge in [0, 0.05) is 24.8 Å². The molecule has 0 bridgehead atoms. The lowest BCUT2D eigenvalue weighted by Gasteiger charge is -2.17. The number of carbonyl (C=O) groups is 1. The molecule has 1 unspecified atom stereocenters. The molecule has 2 nitrogen and oxygen atoms in total. The van der Waals surface area contributed by atoms with Gasteiger partial charge in [0.1, 0.15) is 0 Å². The normalized spacial score (nSPS) is 18.9. The summed E-state index contributed by atoms with van der Waals surface area (Å²) in [5, 5.41) is 3.50. The van der Waals surface area contributed by atoms with Crippen molar-refractivity contribution in [3.05, 3.63) is 48.0 Å². The highest BCUT2D eigenvalue weighted by Crippen LogP contribution is 2.22. The molecule has 1 heterocycles. The Hall–Kier alpha value is -1.35. The summed E-state index contributed by atoms with van der Waals surface area (Å²) in [6, 6.07) is 14.9. The van der Waals surface area contributed by atoms with Gasteiger partial charge >= 0.3 is 0 Å². The van der Waals surface area contributed by atoms with E-state index in [0.717, 1.165) is 24.8 Å². The lowest BCUT2D eigenvalue weighted by atomic mass is 10.0. The number of hydrogen-bond donors (Lipinski definition) is 0. The molecule has 0 N–H and O–H groups in total. The summed E-state index contributed by atoms with van der Waals surface area (Å²) in [5.41, 5.74) is 1.33. The molecular formula is C17H18BrNO. The van der Waals surface area contributed by atoms with Crippen molar-refractivity contribution in [1.82, 2.24) is 4.90 Å². The molecule has 1 aliphatic rings. The Morgan fingerprint density at radius 2 is 1.95 bits per heavy atom. The average Bonchev–Trinajstić information content (AvgIpc) is 2.85. The van der Waals surface area contributed by atoms with Crippen molar-refractivity contribution >= 4 is 32.6 Å². The molecule has 104 valence electrons. The summed E-state index contributed by atoms with van der Waals surface area (Å²) >= 11 is 3.48. The van der Waals surface area contributed by atoms with Gasteiger partial charge in [0.2, 0.25) is 5.91 Å². The van der Waals surface area contributed by atoms with Gasteiger partial charge < -0.3 is 4.90 Å². The SMILES string of the molecule is O=C1CC(CBr)CN1CCc1cccc2ccccc12. The molecule has 0 aliphatic carbocycles. The second-order valence-corrected chi connectivity index (χ2v) is 6.10. The second kappa shape index (κ2) is 5.96. The van der Waals surface area contributed by atoms with Crippen LogP contribution in [0, 0.1) is 5.92 Å². The molecule has 3 rings (SSSR count). The van der Waals surface area contributed by atoms with E-state index in [1.165, 1.54) is 16.3 Å². The smallest absolute Gasteiger partial charge is 0.222 e. The Bertz CT molecular complexity index is 620. The van der Waals surface area contributed by atoms with Crippen LogP contribution in [0.1, 0.15) is 12.0 Å². The van der Waals surface area contributed by atoms with Crippen molar-refractivity contribution in [1.29, 1.82) is 0 Å². The van der Waals surface area contributed by atoms with Crippen molar-refractivity contribution in [2.75, 3.05) is 18.4 Å². The molecule has 3 heteroatoms. The number of nitrogens with zero attached hydrogens (tertiary/aromatic N) is 1. The van der Waals surface area contributed by atoms with Gasteiger partial charge in [-0.05, 0) is 28.7 Å². The quantitative estimate of drug-likeness (QED) is 0.783. The number of rotatable bonds is 4. The van der Waals surface area contributed by atoms with Crippen LogP contribution in [0.2, 0.25) is 0 Å². The summed E-state index contributed by atoms with van der Waals surface area (Å²) in [7, 11) is 0. The van der Waals surface area contributed by atoms with Crippen LogP contribution >= 0.6 is 15.9 Å². The molecule has 2 aromatic carbocycles. The van der Waals surface area contributed by atoms with E-state index >= 15 is 0 Å². The number of halogens is 1. The van der Waals surface area contributed by atoms with Crippen molar-refractivity contribution in [3.63, 3.8) is 0 Å². The third kappa shape index (κ3) is 2.73. The van der Waals surface area contributed by atoms with E-state index in [2.05, 4.69) is 58.4 Å². The minimum absolute atomic E-state index is 0.301. The highest BCUT2D eigenvalue weighted by atomic mass is 79.9. The number of fused-ring (bicyclic) bond motifs is 1. The van der Waals surface area contributed by atoms with Crippen molar-refractivity contribution in [2.45, 2.75) is 12.8 Å². The molecule has 1 amide bonds. The van der Waals surface area contributed by atoms with Crippen LogP contribution in [0.4, 0.5) is 0 Å². The fraction of sp³-hybridized carbons (Fsp3) is 0.353. The maximum Gasteiger partial charge on any atom is 0.222 e. The van der Waals surface area contributed by atoms with Gasteiger partial charge in [-0.3, -0.25) is 4.79 Å². The van der Waals surface area contributed by atoms with Crippen molar-refractivity contribution in [3.8, 4) is 0 Å². The topological polar surface area (TPSA) is 20.3 Å². The fourth-order valence-corrected chi connectivity index (χ4v) is 3.37. The van der Waals surface area contributed by atoms with Gasteiger partial charge in [0.05, 0.1) is 0 Å². The fourth-order valence-electron chi connectivity index (χ4n) is 2.94. The van der Waals surface area contributed by atoms with Crippen molar-refractivity contribution in [2.24, 2.45) is 5.92 Å². The number of alkyl halides is 1. The van der Waals surface area contributed by atoms with Crippen LogP contribution in [0.3, 0.4) is 0 Å². The molecule has 0 aromatic heterocycles. The molecule has 1 atom stereocenters. The van der Waals surface area contributed by atoms with E-state index in [9.17, 15) is 4.79 Å². The van der Waals surface area contributed by atoms with Crippen molar-refractivity contribution < 1.29 is 4.79 Å². The number of benzene rings is 2. The highest BCUT2D eigenvalue weighted by molar-refractivity contribution is 9.09. The number of likely N-dealkylation sites (tertiary alicyclic amines) is 1. The number of carbonyl (C=O) groups excluding carboxylic acids is 1. The van der Waals surface area contributed by atoms with E-state index in [1.807, 2.05) is 4.90 Å². The minimum atomic E-state index is 0.301. The van der Waals surface area contributed by atoms with E-state index in [1.54, 1.807) is 0 Å². The molecule has 20 heavy (non-hydrogen) atoms. The third-order valence-corrected chi connectivity index (χ3v) is 4.96. The predicted octanol–water partition coefficient (Wildman–Crippen LogP) is 3.63. The van der Waals surface area contributed by atoms with Crippen LogP contribution < -0.4 is 0 Å². The Morgan fingerprint density at radius 3 is 2.75 bits per heavy atom. The van der Waals surface area contributed by atoms with E-state index in [0.29, 0.717) is 18.2 Å². The third-order valence-electron chi connectivity index (χ3n) is 4.04. The van der Waals surface area contributed by atoms with Crippen LogP contribution in [0.5, 0.6) is 0 Å². The van der Waals surface area contributed by atoms with Gasteiger partial charge in [0.15, 0.2) is 0 Å². The summed E-state index contributed by atoms with van der Waals surface area (Å²) in [4.78, 5) is 13.9. The molecule has 1 saturated heterocycles. The number of amides is 1. The first-order chi connectivity index (χ1) is 9.78. The van der Waals surface area contributed by atoms with Gasteiger partial charge in [-0.25, -0.2) is 0 Å². The first-order valence-corrected chi connectivity index (χ1v) is 8.20. The summed E-state index contributed by atoms with van der Waals surface area (Å²) in [6.45, 7) is 1.73. The maximum atomic E-state index is 11.9. The van der Waals surface area contributed by atoms with E-state index in [-0.39, 0.29) is 0 Å². The molecule has 1 fully saturated rings. The van der Waals surface area contributed by atoms with E-state index < -0.39 is 0 Å². The van der Waals surface area contributed by atoms with Gasteiger partial charge in [-0.15, -0.1) is 0 Å². The highest BCUT2D eigenvalue weighted by Gasteiger charge is 2.28. The summed E-state index contributed by atoms with van der Waals surface area (Å²) < 4.78 is 0. The zero-order chi connectivity index (χ0) is 13.9. The zero-order valence-electron chi connectivity index (χ0n) is 11.4. The predicted molar refractivity (Wildman–Crippen MR) is 86.1 cm³/mol. The van der Waals surface area contributed by atoms with Crippen LogP contribution in [-0.4, -0.2) is 29.2 Å². The maximum absolute atomic E-state index is 11.9. The first-order valence-electron chi connectivity index (χ1n) is 7.08. The summed E-state index contributed by atoms with van der Waals surface area (Å²) in [5.74, 6) is 0.782. The minimum Gasteiger partial charge on any atom is -0.342 e. The molecule has 1 aliphatic heterocycles. The Kier molecular flexibility index (Phi) is 4.06. The lowest BCUT2D eigenvalue weighted by Crippen LogP contribution is -2.27. The Labute approximate surface area is 127 Å². The first kappa shape index (κ1) is 13.6. The lowest BCUT2D eigenvalue weighted by molar-refractivity contribution is -0.127. The van der Waals surface area contributed by atoms with Crippen LogP contribution in [-0.2, 0) is 11.2 Å². The standard InChI is InChI=1S/C17H18BrNO/c18-11-13-10-17(20)19(12-13)9-8-15-6-3-5-14-4-1-2-7-16(14)15/h1-7,13H,8-12H2. The van der Waals surface area contributed by atoms with E-state index in [4.69, 9.17) is 0 Å². The molecular weight excluding hydrogens is 314 g/mol. The second-order valence-electron chi connectivity index (χ2n) is 5.45. The van der Waals surface area contributed by atoms with Gasteiger partial charge in [-0.1, -0.05) is 58.4 Å². The molecule has 0 radical (unpaired) electrons. The molecule has 2 aromatic rings. The molecule has 0 spiro atoms. The van der Waals surface area contributed by atoms with Gasteiger partial charge in [0.25, 0.3) is 0 Å². The Morgan fingerprint density at radius 1 is 1.15 bits per heavy atom. The van der Waals surface area contributed by atoms with Gasteiger partial charge in [-0.2, -0.15) is 0 Å². The molecule has 0 saturated carbocycles. The number of hydrogen-bond acceptors (Lipinski definition) is 1. The zero-order valence-corrected chi connectivity index (χ0v) is 13.0. The summed E-state index contributed by atoms with van der Waals surface area (Å²) in [6.07, 6.45) is 1.63. The van der Waals surface area contributed by atoms with Crippen LogP contribution in [0.25, 0.3) is 10.8 Å². The monoisotopic (exact) mass is 331 g/mol. The van der Waals surface area contributed by atoms with Crippen LogP contribution in [0.15, 0.2) is 42.5 Å². The Balaban J connectivity index is 1.73.